The molecule has 1 saturated heterocycles. The van der Waals surface area contributed by atoms with Crippen molar-refractivity contribution < 1.29 is 9.59 Å². The molecular formula is C14H20N2O2. The molecule has 4 heteroatoms. The minimum Gasteiger partial charge on any atom is -0.367 e. The van der Waals surface area contributed by atoms with E-state index in [-0.39, 0.29) is 23.8 Å². The number of nitrogens with one attached hydrogen (secondary N) is 1. The van der Waals surface area contributed by atoms with Gasteiger partial charge in [0.2, 0.25) is 5.91 Å². The van der Waals surface area contributed by atoms with Gasteiger partial charge in [-0.05, 0) is 38.3 Å². The molecule has 0 spiro atoms. The molecule has 0 aromatic carbocycles. The predicted molar refractivity (Wildman–Crippen MR) is 69.1 cm³/mol. The Hall–Kier alpha value is -1.58. The number of hydrogen-bond acceptors (Lipinski definition) is 2. The lowest BCUT2D eigenvalue weighted by Gasteiger charge is -2.41. The number of aryl methyl sites for hydroxylation is 1. The molecule has 0 atom stereocenters. The first-order valence-corrected chi connectivity index (χ1v) is 6.43. The number of Topliss-reactive ketones (excluding diaryl/α,β-unsaturated/α-hetero) is 1. The lowest BCUT2D eigenvalue weighted by atomic mass is 9.89. The first-order chi connectivity index (χ1) is 8.49. The number of likely N-dealkylation sites (tertiary alicyclic amines) is 1. The van der Waals surface area contributed by atoms with Crippen molar-refractivity contribution in [1.29, 1.82) is 0 Å². The number of aromatic amines is 1. The molecule has 1 fully saturated rings. The third-order valence-corrected chi connectivity index (χ3v) is 3.67. The standard InChI is InChI=1S/C14H20N2O2/c1-14(2)7-5-12(17)10-16(14)13(18)4-3-11-6-8-15-9-11/h6,8-9,15H,3-5,7,10H2,1-2H3. The maximum Gasteiger partial charge on any atom is 0.223 e. The molecule has 1 aromatic heterocycles. The van der Waals surface area contributed by atoms with Crippen molar-refractivity contribution in [2.45, 2.75) is 45.1 Å². The third-order valence-electron chi connectivity index (χ3n) is 3.67. The van der Waals surface area contributed by atoms with E-state index in [1.807, 2.05) is 32.3 Å². The van der Waals surface area contributed by atoms with E-state index in [1.165, 1.54) is 0 Å². The molecule has 0 saturated carbocycles. The Morgan fingerprint density at radius 3 is 2.94 bits per heavy atom. The minimum atomic E-state index is -0.191. The normalized spacial score (nSPS) is 19.0. The van der Waals surface area contributed by atoms with Crippen LogP contribution >= 0.6 is 0 Å². The fourth-order valence-electron chi connectivity index (χ4n) is 2.38. The maximum absolute atomic E-state index is 12.2. The average molecular weight is 248 g/mol. The van der Waals surface area contributed by atoms with E-state index < -0.39 is 0 Å². The lowest BCUT2D eigenvalue weighted by Crippen LogP contribution is -2.53. The van der Waals surface area contributed by atoms with Crippen LogP contribution < -0.4 is 0 Å². The number of aromatic nitrogens is 1. The summed E-state index contributed by atoms with van der Waals surface area (Å²) in [6.07, 6.45) is 6.31. The highest BCUT2D eigenvalue weighted by Crippen LogP contribution is 2.26. The van der Waals surface area contributed by atoms with Gasteiger partial charge in [0.15, 0.2) is 5.78 Å². The monoisotopic (exact) mass is 248 g/mol. The molecule has 18 heavy (non-hydrogen) atoms. The van der Waals surface area contributed by atoms with Gasteiger partial charge in [0.1, 0.15) is 0 Å². The van der Waals surface area contributed by atoms with Crippen molar-refractivity contribution in [3.8, 4) is 0 Å². The quantitative estimate of drug-likeness (QED) is 0.888. The second kappa shape index (κ2) is 4.96. The van der Waals surface area contributed by atoms with Gasteiger partial charge in [0.25, 0.3) is 0 Å². The second-order valence-electron chi connectivity index (χ2n) is 5.55. The molecular weight excluding hydrogens is 228 g/mol. The van der Waals surface area contributed by atoms with Crippen molar-refractivity contribution in [1.82, 2.24) is 9.88 Å². The third kappa shape index (κ3) is 2.81. The Morgan fingerprint density at radius 1 is 1.50 bits per heavy atom. The zero-order valence-electron chi connectivity index (χ0n) is 11.0. The molecule has 1 aliphatic heterocycles. The maximum atomic E-state index is 12.2. The van der Waals surface area contributed by atoms with Crippen LogP contribution in [0.3, 0.4) is 0 Å². The number of amides is 1. The summed E-state index contributed by atoms with van der Waals surface area (Å²) >= 11 is 0. The van der Waals surface area contributed by atoms with Crippen molar-refractivity contribution in [3.63, 3.8) is 0 Å². The first kappa shape index (κ1) is 12.9. The number of ketones is 1. The number of carbonyl (C=O) groups is 2. The summed E-state index contributed by atoms with van der Waals surface area (Å²) < 4.78 is 0. The lowest BCUT2D eigenvalue weighted by molar-refractivity contribution is -0.144. The van der Waals surface area contributed by atoms with Crippen LogP contribution in [0.1, 0.15) is 38.7 Å². The summed E-state index contributed by atoms with van der Waals surface area (Å²) in [6, 6.07) is 1.97. The number of rotatable bonds is 3. The summed E-state index contributed by atoms with van der Waals surface area (Å²) in [5, 5.41) is 0. The molecule has 98 valence electrons. The van der Waals surface area contributed by atoms with Crippen LogP contribution in [0.25, 0.3) is 0 Å². The Balaban J connectivity index is 1.96. The fourth-order valence-corrected chi connectivity index (χ4v) is 2.38. The van der Waals surface area contributed by atoms with Crippen LogP contribution in [0.15, 0.2) is 18.5 Å². The highest BCUT2D eigenvalue weighted by atomic mass is 16.2. The number of carbonyl (C=O) groups excluding carboxylic acids is 2. The summed E-state index contributed by atoms with van der Waals surface area (Å²) in [4.78, 5) is 28.4. The van der Waals surface area contributed by atoms with Crippen LogP contribution in [0, 0.1) is 0 Å². The largest absolute Gasteiger partial charge is 0.367 e. The summed E-state index contributed by atoms with van der Waals surface area (Å²) in [7, 11) is 0. The molecule has 1 aliphatic rings. The van der Waals surface area contributed by atoms with Crippen LogP contribution in [0.4, 0.5) is 0 Å². The highest BCUT2D eigenvalue weighted by Gasteiger charge is 2.35. The number of H-pyrrole nitrogens is 1. The molecule has 1 aromatic rings. The topological polar surface area (TPSA) is 53.2 Å². The fraction of sp³-hybridized carbons (Fsp3) is 0.571. The molecule has 4 nitrogen and oxygen atoms in total. The zero-order chi connectivity index (χ0) is 13.2. The van der Waals surface area contributed by atoms with Gasteiger partial charge in [-0.2, -0.15) is 0 Å². The van der Waals surface area contributed by atoms with Gasteiger partial charge >= 0.3 is 0 Å². The van der Waals surface area contributed by atoms with Gasteiger partial charge in [-0.15, -0.1) is 0 Å². The van der Waals surface area contributed by atoms with E-state index >= 15 is 0 Å². The van der Waals surface area contributed by atoms with E-state index in [4.69, 9.17) is 0 Å². The second-order valence-corrected chi connectivity index (χ2v) is 5.55. The van der Waals surface area contributed by atoms with Crippen molar-refractivity contribution in [3.05, 3.63) is 24.0 Å². The molecule has 2 rings (SSSR count). The molecule has 0 unspecified atom stereocenters. The predicted octanol–water partition coefficient (Wildman–Crippen LogP) is 1.92. The van der Waals surface area contributed by atoms with Crippen molar-refractivity contribution >= 4 is 11.7 Å². The molecule has 0 bridgehead atoms. The number of hydrogen-bond donors (Lipinski definition) is 1. The molecule has 0 aliphatic carbocycles. The SMILES string of the molecule is CC1(C)CCC(=O)CN1C(=O)CCc1cc[nH]c1. The summed E-state index contributed by atoms with van der Waals surface area (Å²) in [5.41, 5.74) is 0.938. The molecule has 1 N–H and O–H groups in total. The number of piperidine rings is 1. The average Bonchev–Trinajstić information content (AvgIpc) is 2.82. The molecule has 2 heterocycles. The van der Waals surface area contributed by atoms with Crippen LogP contribution in [-0.4, -0.2) is 33.7 Å². The number of nitrogens with zero attached hydrogens (tertiary/aromatic N) is 1. The van der Waals surface area contributed by atoms with E-state index in [0.29, 0.717) is 12.8 Å². The van der Waals surface area contributed by atoms with Crippen LogP contribution in [0.2, 0.25) is 0 Å². The van der Waals surface area contributed by atoms with Gasteiger partial charge in [-0.1, -0.05) is 0 Å². The van der Waals surface area contributed by atoms with Gasteiger partial charge < -0.3 is 9.88 Å². The Bertz CT molecular complexity index is 435. The van der Waals surface area contributed by atoms with Crippen LogP contribution in [0.5, 0.6) is 0 Å². The van der Waals surface area contributed by atoms with Crippen molar-refractivity contribution in [2.24, 2.45) is 0 Å². The van der Waals surface area contributed by atoms with E-state index in [9.17, 15) is 9.59 Å². The minimum absolute atomic E-state index is 0.0780. The Labute approximate surface area is 107 Å². The summed E-state index contributed by atoms with van der Waals surface area (Å²) in [6.45, 7) is 4.35. The van der Waals surface area contributed by atoms with Crippen molar-refractivity contribution in [2.75, 3.05) is 6.54 Å². The molecule has 1 amide bonds. The highest BCUT2D eigenvalue weighted by molar-refractivity contribution is 5.88. The molecule has 0 radical (unpaired) electrons. The Kier molecular flexibility index (Phi) is 3.55. The van der Waals surface area contributed by atoms with E-state index in [2.05, 4.69) is 4.98 Å². The zero-order valence-corrected chi connectivity index (χ0v) is 11.0. The van der Waals surface area contributed by atoms with Gasteiger partial charge in [0, 0.05) is 30.8 Å². The van der Waals surface area contributed by atoms with E-state index in [0.717, 1.165) is 18.4 Å². The Morgan fingerprint density at radius 2 is 2.28 bits per heavy atom. The summed E-state index contributed by atoms with van der Waals surface area (Å²) in [5.74, 6) is 0.249. The van der Waals surface area contributed by atoms with Gasteiger partial charge in [-0.3, -0.25) is 9.59 Å². The smallest absolute Gasteiger partial charge is 0.223 e. The van der Waals surface area contributed by atoms with E-state index in [1.54, 1.807) is 4.90 Å². The van der Waals surface area contributed by atoms with Gasteiger partial charge in [-0.25, -0.2) is 0 Å². The van der Waals surface area contributed by atoms with Gasteiger partial charge in [0.05, 0.1) is 6.54 Å². The van der Waals surface area contributed by atoms with Crippen LogP contribution in [-0.2, 0) is 16.0 Å². The first-order valence-electron chi connectivity index (χ1n) is 6.43.